The number of nitrogens with zero attached hydrogens (tertiary/aromatic N) is 2. The Hall–Kier alpha value is -1.05. The third-order valence-corrected chi connectivity index (χ3v) is 2.59. The van der Waals surface area contributed by atoms with Crippen LogP contribution in [0.5, 0.6) is 0 Å². The van der Waals surface area contributed by atoms with Crippen molar-refractivity contribution in [2.45, 2.75) is 18.9 Å². The van der Waals surface area contributed by atoms with Crippen molar-refractivity contribution < 1.29 is 21.9 Å². The topological polar surface area (TPSA) is 142 Å². The molecule has 0 spiro atoms. The Bertz CT molecular complexity index is 258. The molecule has 1 aromatic heterocycles. The molecule has 0 saturated carbocycles. The van der Waals surface area contributed by atoms with Crippen molar-refractivity contribution in [1.29, 1.82) is 0 Å². The molecule has 0 aliphatic carbocycles. The molecule has 1 aliphatic rings. The molecule has 6 nitrogen and oxygen atoms in total. The van der Waals surface area contributed by atoms with Gasteiger partial charge in [-0.15, -0.1) is 0 Å². The summed E-state index contributed by atoms with van der Waals surface area (Å²) in [4.78, 5) is 6.54. The number of hydrogen-bond acceptors (Lipinski definition) is 2. The van der Waals surface area contributed by atoms with Crippen LogP contribution < -0.4 is 0 Å². The highest BCUT2D eigenvalue weighted by molar-refractivity contribution is 5.14. The summed E-state index contributed by atoms with van der Waals surface area (Å²) in [6.07, 6.45) is 6.41. The Morgan fingerprint density at radius 3 is 2.38 bits per heavy atom. The van der Waals surface area contributed by atoms with E-state index in [9.17, 15) is 0 Å². The van der Waals surface area contributed by atoms with Crippen molar-refractivity contribution in [1.82, 2.24) is 9.88 Å². The lowest BCUT2D eigenvalue weighted by atomic mass is 10.1. The van der Waals surface area contributed by atoms with E-state index in [1.165, 1.54) is 24.9 Å². The van der Waals surface area contributed by atoms with Gasteiger partial charge >= 0.3 is 0 Å². The third kappa shape index (κ3) is 4.21. The van der Waals surface area contributed by atoms with Gasteiger partial charge in [-0.3, -0.25) is 9.88 Å². The number of hydrogen-bond donors (Lipinski definition) is 0. The minimum atomic E-state index is 0. The summed E-state index contributed by atoms with van der Waals surface area (Å²) in [6, 6.07) is 4.79. The minimum absolute atomic E-state index is 0. The highest BCUT2D eigenvalue weighted by Gasteiger charge is 2.21. The number of likely N-dealkylation sites (tertiary alicyclic amines) is 1. The van der Waals surface area contributed by atoms with E-state index >= 15 is 0 Å². The predicted octanol–water partition coefficient (Wildman–Crippen LogP) is -1.45. The summed E-state index contributed by atoms with van der Waals surface area (Å²) in [5.41, 5.74) is 1.36. The molecule has 8 N–H and O–H groups in total. The van der Waals surface area contributed by atoms with E-state index in [2.05, 4.69) is 23.0 Å². The van der Waals surface area contributed by atoms with Gasteiger partial charge in [-0.25, -0.2) is 0 Å². The molecule has 1 atom stereocenters. The zero-order chi connectivity index (χ0) is 8.39. The van der Waals surface area contributed by atoms with Crippen LogP contribution >= 0.6 is 0 Å². The summed E-state index contributed by atoms with van der Waals surface area (Å²) in [5.74, 6) is 0. The van der Waals surface area contributed by atoms with Crippen LogP contribution in [-0.4, -0.2) is 45.4 Å². The highest BCUT2D eigenvalue weighted by Crippen LogP contribution is 2.29. The first-order valence-electron chi connectivity index (χ1n) is 4.48. The largest absolute Gasteiger partial charge is 0.412 e. The molecule has 1 aromatic rings. The highest BCUT2D eigenvalue weighted by atomic mass is 16.0. The smallest absolute Gasteiger partial charge is 0.0360 e. The average Bonchev–Trinajstić information content (AvgIpc) is 2.53. The molecule has 2 rings (SSSR count). The fourth-order valence-corrected chi connectivity index (χ4v) is 1.90. The SMILES string of the molecule is CN1CCCC1c1cccnc1.O.O.O.O. The maximum Gasteiger partial charge on any atom is 0.0360 e. The van der Waals surface area contributed by atoms with Gasteiger partial charge in [0.05, 0.1) is 0 Å². The second-order valence-corrected chi connectivity index (χ2v) is 3.42. The Morgan fingerprint density at radius 2 is 1.94 bits per heavy atom. The number of aromatic nitrogens is 1. The lowest BCUT2D eigenvalue weighted by Crippen LogP contribution is -2.17. The summed E-state index contributed by atoms with van der Waals surface area (Å²) >= 11 is 0. The maximum absolute atomic E-state index is 4.14. The van der Waals surface area contributed by atoms with Gasteiger partial charge in [0.2, 0.25) is 0 Å². The molecule has 96 valence electrons. The fraction of sp³-hybridized carbons (Fsp3) is 0.500. The van der Waals surface area contributed by atoms with Gasteiger partial charge in [0.1, 0.15) is 0 Å². The Balaban J connectivity index is -0.000000422. The van der Waals surface area contributed by atoms with Gasteiger partial charge in [-0.05, 0) is 38.1 Å². The summed E-state index contributed by atoms with van der Waals surface area (Å²) in [5, 5.41) is 0. The van der Waals surface area contributed by atoms with Crippen molar-refractivity contribution in [2.75, 3.05) is 13.6 Å². The molecule has 0 bridgehead atoms. The third-order valence-electron chi connectivity index (χ3n) is 2.59. The maximum atomic E-state index is 4.14. The molecule has 16 heavy (non-hydrogen) atoms. The van der Waals surface area contributed by atoms with Crippen LogP contribution in [0.1, 0.15) is 24.4 Å². The average molecular weight is 234 g/mol. The van der Waals surface area contributed by atoms with E-state index in [1.54, 1.807) is 0 Å². The minimum Gasteiger partial charge on any atom is -0.412 e. The van der Waals surface area contributed by atoms with Crippen molar-refractivity contribution in [3.05, 3.63) is 30.1 Å². The molecule has 0 amide bonds. The molecule has 1 saturated heterocycles. The van der Waals surface area contributed by atoms with Crippen molar-refractivity contribution >= 4 is 0 Å². The molecule has 1 unspecified atom stereocenters. The summed E-state index contributed by atoms with van der Waals surface area (Å²) < 4.78 is 0. The van der Waals surface area contributed by atoms with Crippen LogP contribution in [0, 0.1) is 0 Å². The van der Waals surface area contributed by atoms with Crippen molar-refractivity contribution in [3.8, 4) is 0 Å². The van der Waals surface area contributed by atoms with Crippen LogP contribution in [0.2, 0.25) is 0 Å². The lowest BCUT2D eigenvalue weighted by molar-refractivity contribution is 0.317. The zero-order valence-electron chi connectivity index (χ0n) is 9.40. The van der Waals surface area contributed by atoms with E-state index in [-0.39, 0.29) is 21.9 Å². The Labute approximate surface area is 95.2 Å². The first-order chi connectivity index (χ1) is 5.88. The number of pyridine rings is 1. The molecule has 0 aromatic carbocycles. The van der Waals surface area contributed by atoms with Crippen LogP contribution in [0.3, 0.4) is 0 Å². The second-order valence-electron chi connectivity index (χ2n) is 3.42. The van der Waals surface area contributed by atoms with E-state index in [0.29, 0.717) is 6.04 Å². The Kier molecular flexibility index (Phi) is 11.7. The standard InChI is InChI=1S/C10H14N2.4H2O/c1-12-7-3-5-10(12)9-4-2-6-11-8-9;;;;/h2,4,6,8,10H,3,5,7H2,1H3;4*1H2. The van der Waals surface area contributed by atoms with Crippen LogP contribution in [0.15, 0.2) is 24.5 Å². The van der Waals surface area contributed by atoms with Gasteiger partial charge in [-0.2, -0.15) is 0 Å². The second kappa shape index (κ2) is 9.20. The van der Waals surface area contributed by atoms with E-state index in [0.717, 1.165) is 0 Å². The van der Waals surface area contributed by atoms with E-state index in [4.69, 9.17) is 0 Å². The molecular weight excluding hydrogens is 212 g/mol. The van der Waals surface area contributed by atoms with Gasteiger partial charge in [0.25, 0.3) is 0 Å². The molecular formula is C10H22N2O4. The molecule has 0 radical (unpaired) electrons. The quantitative estimate of drug-likeness (QED) is 0.585. The van der Waals surface area contributed by atoms with Gasteiger partial charge in [0.15, 0.2) is 0 Å². The first-order valence-corrected chi connectivity index (χ1v) is 4.48. The molecule has 2 heterocycles. The zero-order valence-corrected chi connectivity index (χ0v) is 9.40. The molecule has 6 heteroatoms. The van der Waals surface area contributed by atoms with Crippen molar-refractivity contribution in [2.24, 2.45) is 0 Å². The lowest BCUT2D eigenvalue weighted by Gasteiger charge is -2.18. The monoisotopic (exact) mass is 234 g/mol. The Morgan fingerprint density at radius 1 is 1.25 bits per heavy atom. The van der Waals surface area contributed by atoms with Crippen molar-refractivity contribution in [3.63, 3.8) is 0 Å². The normalized spacial score (nSPS) is 18.4. The van der Waals surface area contributed by atoms with Crippen LogP contribution in [-0.2, 0) is 0 Å². The van der Waals surface area contributed by atoms with Crippen LogP contribution in [0.4, 0.5) is 0 Å². The summed E-state index contributed by atoms with van der Waals surface area (Å²) in [7, 11) is 2.19. The summed E-state index contributed by atoms with van der Waals surface area (Å²) in [6.45, 7) is 1.22. The number of rotatable bonds is 1. The van der Waals surface area contributed by atoms with Gasteiger partial charge < -0.3 is 21.9 Å². The molecule has 1 aliphatic heterocycles. The molecule has 1 fully saturated rings. The van der Waals surface area contributed by atoms with E-state index < -0.39 is 0 Å². The predicted molar refractivity (Wildman–Crippen MR) is 63.3 cm³/mol. The van der Waals surface area contributed by atoms with E-state index in [1.807, 2.05) is 18.5 Å². The van der Waals surface area contributed by atoms with Gasteiger partial charge in [0, 0.05) is 18.4 Å². The fourth-order valence-electron chi connectivity index (χ4n) is 1.90. The van der Waals surface area contributed by atoms with Gasteiger partial charge in [-0.1, -0.05) is 6.07 Å². The first kappa shape index (κ1) is 20.4. The van der Waals surface area contributed by atoms with Crippen LogP contribution in [0.25, 0.3) is 0 Å².